The highest BCUT2D eigenvalue weighted by Crippen LogP contribution is 2.31. The molecule has 5 nitrogen and oxygen atoms in total. The molecule has 1 fully saturated rings. The predicted octanol–water partition coefficient (Wildman–Crippen LogP) is 2.47. The van der Waals surface area contributed by atoms with Crippen LogP contribution in [0.2, 0.25) is 0 Å². The van der Waals surface area contributed by atoms with Gasteiger partial charge in [0, 0.05) is 12.6 Å². The van der Waals surface area contributed by atoms with Crippen LogP contribution in [-0.2, 0) is 0 Å². The summed E-state index contributed by atoms with van der Waals surface area (Å²) in [5.41, 5.74) is 1.65. The molecule has 21 heavy (non-hydrogen) atoms. The van der Waals surface area contributed by atoms with Crippen molar-refractivity contribution >= 4 is 11.8 Å². The summed E-state index contributed by atoms with van der Waals surface area (Å²) in [6.07, 6.45) is 0. The quantitative estimate of drug-likeness (QED) is 0.881. The monoisotopic (exact) mass is 287 g/mol. The van der Waals surface area contributed by atoms with Gasteiger partial charge in [-0.15, -0.1) is 0 Å². The van der Waals surface area contributed by atoms with Crippen LogP contribution in [0.1, 0.15) is 17.4 Å². The summed E-state index contributed by atoms with van der Waals surface area (Å²) >= 11 is 0. The minimum absolute atomic E-state index is 0.0426. The first-order valence-electron chi connectivity index (χ1n) is 6.51. The topological polar surface area (TPSA) is 58.4 Å². The van der Waals surface area contributed by atoms with Crippen LogP contribution in [0.5, 0.6) is 0 Å². The Bertz CT molecular complexity index is 721. The van der Waals surface area contributed by atoms with Crippen LogP contribution in [0.25, 0.3) is 5.69 Å². The van der Waals surface area contributed by atoms with E-state index in [9.17, 15) is 9.18 Å². The van der Waals surface area contributed by atoms with Crippen molar-refractivity contribution in [3.63, 3.8) is 0 Å². The highest BCUT2D eigenvalue weighted by Gasteiger charge is 2.31. The molecule has 0 unspecified atom stereocenters. The number of carbonyl (C=O) groups is 1. The number of aromatic nitrogens is 2. The molecule has 1 aromatic carbocycles. The van der Waals surface area contributed by atoms with Gasteiger partial charge < -0.3 is 10.0 Å². The molecule has 0 radical (unpaired) electrons. The van der Waals surface area contributed by atoms with Gasteiger partial charge in [-0.25, -0.2) is 13.9 Å². The smallest absolute Gasteiger partial charge is 0.356 e. The molecule has 1 saturated heterocycles. The molecular weight excluding hydrogens is 273 g/mol. The third-order valence-electron chi connectivity index (χ3n) is 3.71. The number of halogens is 1. The third-order valence-corrected chi connectivity index (χ3v) is 3.71. The van der Waals surface area contributed by atoms with Gasteiger partial charge in [0.25, 0.3) is 0 Å². The van der Waals surface area contributed by atoms with Gasteiger partial charge in [-0.1, -0.05) is 6.58 Å². The lowest BCUT2D eigenvalue weighted by Gasteiger charge is -2.42. The van der Waals surface area contributed by atoms with Gasteiger partial charge in [-0.2, -0.15) is 5.10 Å². The Hall–Kier alpha value is -2.63. The molecule has 6 heteroatoms. The van der Waals surface area contributed by atoms with Gasteiger partial charge in [0.1, 0.15) is 11.6 Å². The van der Waals surface area contributed by atoms with Crippen molar-refractivity contribution < 1.29 is 14.3 Å². The molecule has 2 aromatic rings. The summed E-state index contributed by atoms with van der Waals surface area (Å²) in [5, 5.41) is 13.2. The normalized spacial score (nSPS) is 17.7. The van der Waals surface area contributed by atoms with Gasteiger partial charge >= 0.3 is 5.97 Å². The van der Waals surface area contributed by atoms with Crippen LogP contribution in [-0.4, -0.2) is 33.4 Å². The molecule has 0 spiro atoms. The molecule has 2 heterocycles. The Balaban J connectivity index is 2.07. The van der Waals surface area contributed by atoms with E-state index in [1.165, 1.54) is 22.9 Å². The molecule has 1 atom stereocenters. The highest BCUT2D eigenvalue weighted by molar-refractivity contribution is 5.86. The van der Waals surface area contributed by atoms with E-state index in [0.717, 1.165) is 5.57 Å². The zero-order valence-corrected chi connectivity index (χ0v) is 11.5. The fraction of sp³-hybridized carbons (Fsp3) is 0.200. The average Bonchev–Trinajstić information content (AvgIpc) is 2.89. The van der Waals surface area contributed by atoms with Crippen molar-refractivity contribution in [3.05, 3.63) is 54.0 Å². The number of carboxylic acid groups (broad SMARTS) is 1. The standard InChI is InChI=1S/C15H14FN3O2/c1-9-8-18(10(9)2)14-7-13(15(20)21)17-19(14)12-5-3-11(16)4-6-12/h3-7,10H,1,8H2,2H3,(H,20,21)/t10-/m1/s1. The fourth-order valence-electron chi connectivity index (χ4n) is 2.33. The number of benzene rings is 1. The van der Waals surface area contributed by atoms with Crippen molar-refractivity contribution in [2.75, 3.05) is 11.4 Å². The maximum absolute atomic E-state index is 13.0. The first-order chi connectivity index (χ1) is 9.97. The second kappa shape index (κ2) is 4.73. The number of aromatic carboxylic acids is 1. The lowest BCUT2D eigenvalue weighted by molar-refractivity contribution is 0.0690. The highest BCUT2D eigenvalue weighted by atomic mass is 19.1. The van der Waals surface area contributed by atoms with Crippen molar-refractivity contribution in [1.29, 1.82) is 0 Å². The zero-order chi connectivity index (χ0) is 15.1. The van der Waals surface area contributed by atoms with Crippen LogP contribution in [0.4, 0.5) is 10.2 Å². The van der Waals surface area contributed by atoms with Crippen LogP contribution in [0.3, 0.4) is 0 Å². The Morgan fingerprint density at radius 1 is 1.43 bits per heavy atom. The molecule has 1 aliphatic heterocycles. The van der Waals surface area contributed by atoms with Crippen molar-refractivity contribution in [2.24, 2.45) is 0 Å². The third kappa shape index (κ3) is 2.18. The summed E-state index contributed by atoms with van der Waals surface area (Å²) in [6.45, 7) is 6.59. The maximum Gasteiger partial charge on any atom is 0.356 e. The average molecular weight is 287 g/mol. The number of anilines is 1. The van der Waals surface area contributed by atoms with E-state index in [1.807, 2.05) is 11.8 Å². The molecular formula is C15H14FN3O2. The van der Waals surface area contributed by atoms with Crippen LogP contribution in [0, 0.1) is 5.82 Å². The Labute approximate surface area is 120 Å². The molecule has 0 amide bonds. The van der Waals surface area contributed by atoms with Crippen molar-refractivity contribution in [3.8, 4) is 5.69 Å². The minimum Gasteiger partial charge on any atom is -0.476 e. The number of rotatable bonds is 3. The summed E-state index contributed by atoms with van der Waals surface area (Å²) in [5.74, 6) is -0.778. The van der Waals surface area contributed by atoms with Crippen molar-refractivity contribution in [1.82, 2.24) is 9.78 Å². The number of hydrogen-bond donors (Lipinski definition) is 1. The van der Waals surface area contributed by atoms with E-state index >= 15 is 0 Å². The summed E-state index contributed by atoms with van der Waals surface area (Å²) < 4.78 is 14.6. The zero-order valence-electron chi connectivity index (χ0n) is 11.5. The van der Waals surface area contributed by atoms with Gasteiger partial charge in [-0.05, 0) is 36.8 Å². The van der Waals surface area contributed by atoms with E-state index in [2.05, 4.69) is 11.7 Å². The predicted molar refractivity (Wildman–Crippen MR) is 76.4 cm³/mol. The number of hydrogen-bond acceptors (Lipinski definition) is 3. The molecule has 0 bridgehead atoms. The van der Waals surface area contributed by atoms with Crippen molar-refractivity contribution in [2.45, 2.75) is 13.0 Å². The minimum atomic E-state index is -1.09. The first-order valence-corrected chi connectivity index (χ1v) is 6.51. The van der Waals surface area contributed by atoms with Crippen LogP contribution >= 0.6 is 0 Å². The van der Waals surface area contributed by atoms with Crippen LogP contribution in [0.15, 0.2) is 42.5 Å². The summed E-state index contributed by atoms with van der Waals surface area (Å²) in [6, 6.07) is 7.42. The number of carboxylic acids is 1. The second-order valence-corrected chi connectivity index (χ2v) is 5.04. The molecule has 0 aliphatic carbocycles. The SMILES string of the molecule is C=C1CN(c2cc(C(=O)O)nn2-c2ccc(F)cc2)[C@@H]1C. The van der Waals surface area contributed by atoms with Gasteiger partial charge in [0.15, 0.2) is 5.69 Å². The van der Waals surface area contributed by atoms with E-state index in [4.69, 9.17) is 5.11 Å². The van der Waals surface area contributed by atoms with E-state index in [-0.39, 0.29) is 17.6 Å². The van der Waals surface area contributed by atoms with Crippen LogP contribution < -0.4 is 4.90 Å². The maximum atomic E-state index is 13.0. The molecule has 1 aliphatic rings. The van der Waals surface area contributed by atoms with E-state index < -0.39 is 5.97 Å². The molecule has 1 N–H and O–H groups in total. The van der Waals surface area contributed by atoms with Gasteiger partial charge in [0.2, 0.25) is 0 Å². The molecule has 1 aromatic heterocycles. The lowest BCUT2D eigenvalue weighted by Crippen LogP contribution is -2.48. The van der Waals surface area contributed by atoms with Gasteiger partial charge in [-0.3, -0.25) is 0 Å². The summed E-state index contributed by atoms with van der Waals surface area (Å²) in [4.78, 5) is 13.2. The first kappa shape index (κ1) is 13.4. The van der Waals surface area contributed by atoms with Gasteiger partial charge in [0.05, 0.1) is 11.7 Å². The fourth-order valence-corrected chi connectivity index (χ4v) is 2.33. The molecule has 0 saturated carbocycles. The number of nitrogens with zero attached hydrogens (tertiary/aromatic N) is 3. The largest absolute Gasteiger partial charge is 0.476 e. The Morgan fingerprint density at radius 2 is 2.10 bits per heavy atom. The Kier molecular flexibility index (Phi) is 3.01. The van der Waals surface area contributed by atoms with E-state index in [0.29, 0.717) is 18.1 Å². The lowest BCUT2D eigenvalue weighted by atomic mass is 9.99. The second-order valence-electron chi connectivity index (χ2n) is 5.04. The Morgan fingerprint density at radius 3 is 2.62 bits per heavy atom. The summed E-state index contributed by atoms with van der Waals surface area (Å²) in [7, 11) is 0. The van der Waals surface area contributed by atoms with E-state index in [1.54, 1.807) is 12.1 Å². The molecule has 108 valence electrons. The molecule has 3 rings (SSSR count).